The van der Waals surface area contributed by atoms with Gasteiger partial charge in [0.2, 0.25) is 0 Å². The smallest absolute Gasteiger partial charge is 0.175 e. The third-order valence-corrected chi connectivity index (χ3v) is 7.32. The van der Waals surface area contributed by atoms with Gasteiger partial charge in [-0.05, 0) is 54.7 Å². The van der Waals surface area contributed by atoms with E-state index < -0.39 is 0 Å². The van der Waals surface area contributed by atoms with Gasteiger partial charge in [0.25, 0.3) is 0 Å². The van der Waals surface area contributed by atoms with Gasteiger partial charge in [-0.2, -0.15) is 0 Å². The first-order valence-corrected chi connectivity index (χ1v) is 13.0. The molecule has 6 rings (SSSR count). The number of nitrogens with one attached hydrogen (secondary N) is 3. The minimum absolute atomic E-state index is 0.578. The number of rotatable bonds is 6. The van der Waals surface area contributed by atoms with E-state index in [-0.39, 0.29) is 0 Å². The van der Waals surface area contributed by atoms with Crippen LogP contribution in [0.4, 0.5) is 5.69 Å². The van der Waals surface area contributed by atoms with E-state index in [1.165, 1.54) is 0 Å². The van der Waals surface area contributed by atoms with Gasteiger partial charge >= 0.3 is 0 Å². The summed E-state index contributed by atoms with van der Waals surface area (Å²) < 4.78 is 6.68. The largest absolute Gasteiger partial charge is 0.490 e. The molecule has 0 radical (unpaired) electrons. The highest BCUT2D eigenvalue weighted by atomic mass is 35.5. The first-order valence-electron chi connectivity index (χ1n) is 11.8. The number of aromatic amines is 3. The Balaban J connectivity index is 1.11. The van der Waals surface area contributed by atoms with Crippen LogP contribution in [0.2, 0.25) is 10.0 Å². The van der Waals surface area contributed by atoms with Gasteiger partial charge in [-0.1, -0.05) is 35.3 Å². The molecule has 0 unspecified atom stereocenters. The summed E-state index contributed by atoms with van der Waals surface area (Å²) in [5, 5.41) is 1.18. The van der Waals surface area contributed by atoms with Crippen LogP contribution in [0.25, 0.3) is 33.5 Å². The van der Waals surface area contributed by atoms with Crippen molar-refractivity contribution in [3.05, 3.63) is 69.4 Å². The van der Waals surface area contributed by atoms with Crippen LogP contribution in [0.1, 0.15) is 0 Å². The number of hydrogen-bond donors (Lipinski definition) is 3. The van der Waals surface area contributed by atoms with Crippen LogP contribution < -0.4 is 9.64 Å². The highest BCUT2D eigenvalue weighted by molar-refractivity contribution is 7.71. The van der Waals surface area contributed by atoms with E-state index in [0.29, 0.717) is 21.4 Å². The lowest BCUT2D eigenvalue weighted by Gasteiger charge is -2.36. The minimum Gasteiger partial charge on any atom is -0.490 e. The molecule has 2 aromatic heterocycles. The second-order valence-corrected chi connectivity index (χ2v) is 10.1. The van der Waals surface area contributed by atoms with Gasteiger partial charge in [-0.25, -0.2) is 4.98 Å². The summed E-state index contributed by atoms with van der Waals surface area (Å²) in [5.41, 5.74) is 5.78. The number of fused-ring (bicyclic) bond motifs is 2. The third-order valence-electron chi connectivity index (χ3n) is 6.57. The first-order chi connectivity index (χ1) is 17.5. The van der Waals surface area contributed by atoms with Crippen LogP contribution in [-0.2, 0) is 0 Å². The average Bonchev–Trinajstić information content (AvgIpc) is 3.47. The van der Waals surface area contributed by atoms with Crippen LogP contribution in [0, 0.1) is 4.77 Å². The van der Waals surface area contributed by atoms with Crippen LogP contribution in [-0.4, -0.2) is 64.2 Å². The zero-order valence-electron chi connectivity index (χ0n) is 19.4. The van der Waals surface area contributed by atoms with Gasteiger partial charge in [0.15, 0.2) is 4.77 Å². The molecule has 0 bridgehead atoms. The zero-order chi connectivity index (χ0) is 24.6. The summed E-state index contributed by atoms with van der Waals surface area (Å²) in [6, 6.07) is 17.6. The molecule has 0 atom stereocenters. The number of H-pyrrole nitrogens is 3. The first kappa shape index (κ1) is 23.4. The number of benzene rings is 3. The molecule has 1 fully saturated rings. The van der Waals surface area contributed by atoms with Gasteiger partial charge in [0, 0.05) is 43.3 Å². The Morgan fingerprint density at radius 1 is 0.917 bits per heavy atom. The van der Waals surface area contributed by atoms with Crippen molar-refractivity contribution < 1.29 is 4.74 Å². The van der Waals surface area contributed by atoms with Gasteiger partial charge in [0.1, 0.15) is 29.2 Å². The Hall–Kier alpha value is -3.04. The molecule has 0 amide bonds. The van der Waals surface area contributed by atoms with Gasteiger partial charge in [-0.15, -0.1) is 0 Å². The molecule has 3 aromatic carbocycles. The molecular weight excluding hydrogens is 515 g/mol. The Bertz CT molecular complexity index is 1600. The van der Waals surface area contributed by atoms with E-state index in [2.05, 4.69) is 36.9 Å². The summed E-state index contributed by atoms with van der Waals surface area (Å²) in [4.78, 5) is 19.4. The molecule has 0 saturated carbocycles. The Kier molecular flexibility index (Phi) is 6.35. The van der Waals surface area contributed by atoms with E-state index >= 15 is 0 Å². The number of aromatic nitrogens is 4. The standard InChI is InChI=1S/C26H24Cl2N6OS/c27-16-7-8-17(18(28)15-16)25-29-19-3-1-5-21(23(19)31-25)34-11-9-33(10-12-34)13-14-35-22-6-2-4-20-24(22)32-26(36)30-20/h1-8,15H,9-14H2,(H,29,31)(H2,30,32,36). The fraction of sp³-hybridized carbons (Fsp3) is 0.231. The quantitative estimate of drug-likeness (QED) is 0.222. The zero-order valence-corrected chi connectivity index (χ0v) is 21.7. The van der Waals surface area contributed by atoms with Crippen molar-refractivity contribution in [2.75, 3.05) is 44.2 Å². The Morgan fingerprint density at radius 3 is 2.56 bits per heavy atom. The molecular formula is C26H24Cl2N6OS. The predicted octanol–water partition coefficient (Wildman–Crippen LogP) is 6.28. The fourth-order valence-corrected chi connectivity index (χ4v) is 5.44. The van der Waals surface area contributed by atoms with Crippen LogP contribution >= 0.6 is 35.4 Å². The van der Waals surface area contributed by atoms with Crippen LogP contribution in [0.15, 0.2) is 54.6 Å². The van der Waals surface area contributed by atoms with Crippen LogP contribution in [0.3, 0.4) is 0 Å². The molecule has 3 N–H and O–H groups in total. The summed E-state index contributed by atoms with van der Waals surface area (Å²) in [6.45, 7) is 5.23. The van der Waals surface area contributed by atoms with Gasteiger partial charge < -0.3 is 24.6 Å². The van der Waals surface area contributed by atoms with Crippen molar-refractivity contribution in [1.29, 1.82) is 0 Å². The molecule has 5 aromatic rings. The van der Waals surface area contributed by atoms with E-state index in [4.69, 9.17) is 45.1 Å². The second-order valence-electron chi connectivity index (χ2n) is 8.82. The molecule has 36 heavy (non-hydrogen) atoms. The molecule has 0 spiro atoms. The Labute approximate surface area is 223 Å². The molecule has 1 aliphatic rings. The number of anilines is 1. The highest BCUT2D eigenvalue weighted by Gasteiger charge is 2.21. The summed E-state index contributed by atoms with van der Waals surface area (Å²) in [6.07, 6.45) is 0. The lowest BCUT2D eigenvalue weighted by molar-refractivity contribution is 0.201. The monoisotopic (exact) mass is 538 g/mol. The van der Waals surface area contributed by atoms with Crippen molar-refractivity contribution in [2.24, 2.45) is 0 Å². The maximum absolute atomic E-state index is 6.43. The minimum atomic E-state index is 0.578. The van der Waals surface area contributed by atoms with Crippen molar-refractivity contribution in [2.45, 2.75) is 0 Å². The number of ether oxygens (including phenoxy) is 1. The predicted molar refractivity (Wildman–Crippen MR) is 149 cm³/mol. The molecule has 1 aliphatic heterocycles. The number of hydrogen-bond acceptors (Lipinski definition) is 5. The number of halogens is 2. The van der Waals surface area contributed by atoms with Crippen molar-refractivity contribution >= 4 is 63.2 Å². The van der Waals surface area contributed by atoms with Crippen molar-refractivity contribution in [1.82, 2.24) is 24.8 Å². The molecule has 3 heterocycles. The number of piperazine rings is 1. The van der Waals surface area contributed by atoms with Crippen LogP contribution in [0.5, 0.6) is 5.75 Å². The highest BCUT2D eigenvalue weighted by Crippen LogP contribution is 2.33. The number of para-hydroxylation sites is 2. The summed E-state index contributed by atoms with van der Waals surface area (Å²) in [7, 11) is 0. The summed E-state index contributed by atoms with van der Waals surface area (Å²) in [5.74, 6) is 1.56. The SMILES string of the molecule is S=c1[nH]c2cccc(OCCN3CCN(c4cccc5[nH]c(-c6ccc(Cl)cc6Cl)nc45)CC3)c2[nH]1. The second kappa shape index (κ2) is 9.78. The van der Waals surface area contributed by atoms with E-state index in [9.17, 15) is 0 Å². The number of nitrogens with zero attached hydrogens (tertiary/aromatic N) is 3. The van der Waals surface area contributed by atoms with E-state index in [1.807, 2.05) is 36.4 Å². The molecule has 0 aliphatic carbocycles. The lowest BCUT2D eigenvalue weighted by atomic mass is 10.2. The molecule has 184 valence electrons. The topological polar surface area (TPSA) is 76.0 Å². The Morgan fingerprint density at radius 2 is 1.72 bits per heavy atom. The third kappa shape index (κ3) is 4.57. The maximum Gasteiger partial charge on any atom is 0.175 e. The maximum atomic E-state index is 6.43. The van der Waals surface area contributed by atoms with Crippen molar-refractivity contribution in [3.8, 4) is 17.1 Å². The van der Waals surface area contributed by atoms with Crippen molar-refractivity contribution in [3.63, 3.8) is 0 Å². The normalized spacial score (nSPS) is 14.7. The molecule has 10 heteroatoms. The molecule has 7 nitrogen and oxygen atoms in total. The lowest BCUT2D eigenvalue weighted by Crippen LogP contribution is -2.47. The van der Waals surface area contributed by atoms with Gasteiger partial charge in [-0.3, -0.25) is 4.90 Å². The summed E-state index contributed by atoms with van der Waals surface area (Å²) >= 11 is 17.7. The fourth-order valence-electron chi connectivity index (χ4n) is 4.73. The average molecular weight is 539 g/mol. The molecule has 1 saturated heterocycles. The van der Waals surface area contributed by atoms with E-state index in [1.54, 1.807) is 6.07 Å². The van der Waals surface area contributed by atoms with E-state index in [0.717, 1.165) is 77.6 Å². The van der Waals surface area contributed by atoms with Gasteiger partial charge in [0.05, 0.1) is 21.7 Å². The number of imidazole rings is 2.